The van der Waals surface area contributed by atoms with E-state index in [1.165, 1.54) is 24.0 Å². The van der Waals surface area contributed by atoms with Gasteiger partial charge in [0.05, 0.1) is 26.1 Å². The number of hydrogen-bond acceptors (Lipinski definition) is 5. The van der Waals surface area contributed by atoms with Crippen molar-refractivity contribution in [1.82, 2.24) is 14.6 Å². The molecule has 0 saturated heterocycles. The number of aromatic nitrogens is 3. The van der Waals surface area contributed by atoms with Crippen LogP contribution in [0.25, 0.3) is 5.52 Å². The van der Waals surface area contributed by atoms with E-state index in [1.807, 2.05) is 0 Å². The lowest BCUT2D eigenvalue weighted by molar-refractivity contribution is 0.0528. The van der Waals surface area contributed by atoms with Crippen LogP contribution in [0.4, 0.5) is 0 Å². The van der Waals surface area contributed by atoms with E-state index >= 15 is 0 Å². The molecule has 0 saturated carbocycles. The Kier molecular flexibility index (Phi) is 3.14. The van der Waals surface area contributed by atoms with E-state index in [0.29, 0.717) is 17.7 Å². The zero-order valence-electron chi connectivity index (χ0n) is 9.31. The summed E-state index contributed by atoms with van der Waals surface area (Å²) in [5.41, 5.74) is 0.739. The fourth-order valence-electron chi connectivity index (χ4n) is 1.45. The topological polar surface area (TPSA) is 65.7 Å². The molecule has 0 fully saturated rings. The number of methoxy groups -OCH3 is 1. The predicted octanol–water partition coefficient (Wildman–Crippen LogP) is 1.57. The summed E-state index contributed by atoms with van der Waals surface area (Å²) in [5, 5.41) is 4.23. The van der Waals surface area contributed by atoms with Crippen molar-refractivity contribution in [2.24, 2.45) is 0 Å². The largest absolute Gasteiger partial charge is 0.479 e. The summed E-state index contributed by atoms with van der Waals surface area (Å²) in [5.74, 6) is -0.233. The SMILES string of the molecule is CCOC(=O)c1cnn2cc(Cl)nc(OC)c12. The molecule has 0 aromatic carbocycles. The summed E-state index contributed by atoms with van der Waals surface area (Å²) >= 11 is 5.78. The van der Waals surface area contributed by atoms with Gasteiger partial charge in [-0.05, 0) is 6.92 Å². The highest BCUT2D eigenvalue weighted by Gasteiger charge is 2.19. The van der Waals surface area contributed by atoms with Crippen LogP contribution in [0, 0.1) is 0 Å². The molecular weight excluding hydrogens is 246 g/mol. The molecule has 2 aromatic heterocycles. The lowest BCUT2D eigenvalue weighted by atomic mass is 10.3. The summed E-state index contributed by atoms with van der Waals surface area (Å²) in [7, 11) is 1.45. The zero-order chi connectivity index (χ0) is 12.4. The molecule has 2 heterocycles. The van der Waals surface area contributed by atoms with Crippen LogP contribution in [0.5, 0.6) is 5.88 Å². The maximum Gasteiger partial charge on any atom is 0.342 e. The number of fused-ring (bicyclic) bond motifs is 1. The summed E-state index contributed by atoms with van der Waals surface area (Å²) in [6.45, 7) is 2.02. The summed E-state index contributed by atoms with van der Waals surface area (Å²) < 4.78 is 11.4. The minimum atomic E-state index is -0.468. The molecule has 0 unspecified atom stereocenters. The first-order chi connectivity index (χ1) is 8.17. The normalized spacial score (nSPS) is 10.5. The van der Waals surface area contributed by atoms with Crippen molar-refractivity contribution in [3.63, 3.8) is 0 Å². The minimum Gasteiger partial charge on any atom is -0.479 e. The van der Waals surface area contributed by atoms with E-state index in [1.54, 1.807) is 6.92 Å². The smallest absolute Gasteiger partial charge is 0.342 e. The van der Waals surface area contributed by atoms with Crippen molar-refractivity contribution < 1.29 is 14.3 Å². The Morgan fingerprint density at radius 3 is 3.00 bits per heavy atom. The van der Waals surface area contributed by atoms with E-state index < -0.39 is 5.97 Å². The molecule has 17 heavy (non-hydrogen) atoms. The van der Waals surface area contributed by atoms with Gasteiger partial charge >= 0.3 is 5.97 Å². The zero-order valence-corrected chi connectivity index (χ0v) is 10.1. The van der Waals surface area contributed by atoms with Crippen molar-refractivity contribution >= 4 is 23.1 Å². The molecule has 0 spiro atoms. The Labute approximate surface area is 102 Å². The van der Waals surface area contributed by atoms with Crippen LogP contribution in [-0.4, -0.2) is 34.3 Å². The van der Waals surface area contributed by atoms with Crippen molar-refractivity contribution in [3.05, 3.63) is 23.1 Å². The second-order valence-electron chi connectivity index (χ2n) is 3.14. The van der Waals surface area contributed by atoms with Crippen LogP contribution in [-0.2, 0) is 4.74 Å². The molecule has 0 aliphatic rings. The molecule has 0 bridgehead atoms. The first kappa shape index (κ1) is 11.7. The van der Waals surface area contributed by atoms with Crippen LogP contribution in [0.3, 0.4) is 0 Å². The summed E-state index contributed by atoms with van der Waals surface area (Å²) in [4.78, 5) is 15.7. The number of carbonyl (C=O) groups is 1. The molecule has 6 nitrogen and oxygen atoms in total. The number of rotatable bonds is 3. The Hall–Kier alpha value is -1.82. The van der Waals surface area contributed by atoms with Crippen molar-refractivity contribution in [2.75, 3.05) is 13.7 Å². The monoisotopic (exact) mass is 255 g/mol. The fourth-order valence-corrected chi connectivity index (χ4v) is 1.62. The number of ether oxygens (including phenoxy) is 2. The maximum absolute atomic E-state index is 11.7. The average Bonchev–Trinajstić information content (AvgIpc) is 2.71. The summed E-state index contributed by atoms with van der Waals surface area (Å²) in [6.07, 6.45) is 2.88. The van der Waals surface area contributed by atoms with Gasteiger partial charge in [0.15, 0.2) is 5.15 Å². The van der Waals surface area contributed by atoms with E-state index in [-0.39, 0.29) is 11.0 Å². The highest BCUT2D eigenvalue weighted by atomic mass is 35.5. The standard InChI is InChI=1S/C10H10ClN3O3/c1-3-17-10(15)6-4-12-14-5-7(11)13-9(16-2)8(6)14/h4-5H,3H2,1-2H3. The van der Waals surface area contributed by atoms with E-state index in [0.717, 1.165) is 0 Å². The van der Waals surface area contributed by atoms with Gasteiger partial charge in [0.1, 0.15) is 11.1 Å². The molecule has 0 amide bonds. The molecular formula is C10H10ClN3O3. The third-order valence-electron chi connectivity index (χ3n) is 2.12. The molecule has 90 valence electrons. The van der Waals surface area contributed by atoms with Gasteiger partial charge in [0, 0.05) is 0 Å². The second-order valence-corrected chi connectivity index (χ2v) is 3.53. The van der Waals surface area contributed by atoms with Gasteiger partial charge in [0.2, 0.25) is 5.88 Å². The van der Waals surface area contributed by atoms with Crippen LogP contribution < -0.4 is 4.74 Å². The van der Waals surface area contributed by atoms with Crippen molar-refractivity contribution in [2.45, 2.75) is 6.92 Å². The summed E-state index contributed by atoms with van der Waals surface area (Å²) in [6, 6.07) is 0. The molecule has 0 aliphatic heterocycles. The molecule has 0 radical (unpaired) electrons. The van der Waals surface area contributed by atoms with Crippen LogP contribution in [0.1, 0.15) is 17.3 Å². The van der Waals surface area contributed by atoms with Crippen molar-refractivity contribution in [3.8, 4) is 5.88 Å². The molecule has 2 rings (SSSR count). The fraction of sp³-hybridized carbons (Fsp3) is 0.300. The van der Waals surface area contributed by atoms with Crippen LogP contribution in [0.2, 0.25) is 5.15 Å². The minimum absolute atomic E-state index is 0.229. The first-order valence-corrected chi connectivity index (χ1v) is 5.30. The van der Waals surface area contributed by atoms with Gasteiger partial charge in [-0.1, -0.05) is 11.6 Å². The Morgan fingerprint density at radius 2 is 2.35 bits per heavy atom. The molecule has 0 aliphatic carbocycles. The number of carbonyl (C=O) groups excluding carboxylic acids is 1. The van der Waals surface area contributed by atoms with E-state index in [9.17, 15) is 4.79 Å². The van der Waals surface area contributed by atoms with E-state index in [4.69, 9.17) is 21.1 Å². The lowest BCUT2D eigenvalue weighted by Crippen LogP contribution is -2.05. The highest BCUT2D eigenvalue weighted by Crippen LogP contribution is 2.23. The Morgan fingerprint density at radius 1 is 1.59 bits per heavy atom. The maximum atomic E-state index is 11.7. The van der Waals surface area contributed by atoms with Gasteiger partial charge in [0.25, 0.3) is 0 Å². The van der Waals surface area contributed by atoms with Crippen molar-refractivity contribution in [1.29, 1.82) is 0 Å². The van der Waals surface area contributed by atoms with Gasteiger partial charge in [-0.15, -0.1) is 0 Å². The number of halogens is 1. The molecule has 0 atom stereocenters. The third kappa shape index (κ3) is 2.03. The Balaban J connectivity index is 2.62. The third-order valence-corrected chi connectivity index (χ3v) is 2.31. The Bertz CT molecular complexity index is 567. The van der Waals surface area contributed by atoms with Gasteiger partial charge < -0.3 is 9.47 Å². The van der Waals surface area contributed by atoms with Gasteiger partial charge in [-0.25, -0.2) is 9.31 Å². The molecule has 7 heteroatoms. The highest BCUT2D eigenvalue weighted by molar-refractivity contribution is 6.29. The van der Waals surface area contributed by atoms with Gasteiger partial charge in [-0.2, -0.15) is 10.1 Å². The van der Waals surface area contributed by atoms with Gasteiger partial charge in [-0.3, -0.25) is 0 Å². The second kappa shape index (κ2) is 4.58. The molecule has 0 N–H and O–H groups in total. The lowest BCUT2D eigenvalue weighted by Gasteiger charge is -2.04. The quantitative estimate of drug-likeness (QED) is 0.779. The first-order valence-electron chi connectivity index (χ1n) is 4.92. The predicted molar refractivity (Wildman–Crippen MR) is 60.5 cm³/mol. The molecule has 2 aromatic rings. The van der Waals surface area contributed by atoms with Crippen LogP contribution in [0.15, 0.2) is 12.4 Å². The number of esters is 1. The number of hydrogen-bond donors (Lipinski definition) is 0. The van der Waals surface area contributed by atoms with Crippen LogP contribution >= 0.6 is 11.6 Å². The average molecular weight is 256 g/mol. The number of nitrogens with zero attached hydrogens (tertiary/aromatic N) is 3. The van der Waals surface area contributed by atoms with E-state index in [2.05, 4.69) is 10.1 Å².